The van der Waals surface area contributed by atoms with E-state index >= 15 is 0 Å². The Labute approximate surface area is 81.9 Å². The normalized spacial score (nSPS) is 8.14. The Morgan fingerprint density at radius 1 is 1.29 bits per heavy atom. The first-order valence-corrected chi connectivity index (χ1v) is 3.89. The topological polar surface area (TPSA) is 85.6 Å². The maximum absolute atomic E-state index is 8.46. The van der Waals surface area contributed by atoms with Crippen molar-refractivity contribution in [1.29, 1.82) is 10.5 Å². The maximum atomic E-state index is 8.46. The first-order valence-electron chi connectivity index (χ1n) is 3.89. The second-order valence-electron chi connectivity index (χ2n) is 2.51. The average molecular weight is 184 g/mol. The molecule has 0 aliphatic rings. The number of anilines is 2. The molecule has 68 valence electrons. The molecule has 0 atom stereocenters. The maximum Gasteiger partial charge on any atom is 0.145 e. The lowest BCUT2D eigenvalue weighted by Crippen LogP contribution is -1.95. The second kappa shape index (κ2) is 4.54. The molecule has 1 rings (SSSR count). The van der Waals surface area contributed by atoms with Crippen molar-refractivity contribution in [3.8, 4) is 12.1 Å². The Morgan fingerprint density at radius 2 is 1.93 bits per heavy atom. The molecule has 0 amide bonds. The molecular formula is C10H8N4. The highest BCUT2D eigenvalue weighted by Crippen LogP contribution is 2.16. The van der Waals surface area contributed by atoms with E-state index in [1.54, 1.807) is 30.3 Å². The van der Waals surface area contributed by atoms with Crippen LogP contribution in [0.25, 0.3) is 0 Å². The van der Waals surface area contributed by atoms with Crippen LogP contribution in [0.5, 0.6) is 0 Å². The summed E-state index contributed by atoms with van der Waals surface area (Å²) in [7, 11) is 0. The van der Waals surface area contributed by atoms with Gasteiger partial charge in [0.2, 0.25) is 0 Å². The fraction of sp³-hybridized carbons (Fsp3) is 0. The number of nitriles is 2. The van der Waals surface area contributed by atoms with E-state index in [0.29, 0.717) is 11.4 Å². The van der Waals surface area contributed by atoms with Crippen LogP contribution in [0, 0.1) is 22.7 Å². The lowest BCUT2D eigenvalue weighted by atomic mass is 10.2. The summed E-state index contributed by atoms with van der Waals surface area (Å²) >= 11 is 0. The Kier molecular flexibility index (Phi) is 3.12. The minimum Gasteiger partial charge on any atom is -0.397 e. The summed E-state index contributed by atoms with van der Waals surface area (Å²) in [5, 5.41) is 19.7. The summed E-state index contributed by atoms with van der Waals surface area (Å²) in [5.74, 6) is 0. The third-order valence-corrected chi connectivity index (χ3v) is 1.57. The monoisotopic (exact) mass is 184 g/mol. The number of nitrogens with two attached hydrogens (primary N) is 1. The van der Waals surface area contributed by atoms with Crippen LogP contribution in [0.15, 0.2) is 36.0 Å². The molecule has 0 spiro atoms. The van der Waals surface area contributed by atoms with E-state index in [2.05, 4.69) is 5.32 Å². The third kappa shape index (κ3) is 2.26. The Hall–Kier alpha value is -2.46. The number of hydrogen-bond acceptors (Lipinski definition) is 4. The standard InChI is InChI=1S/C10H8N4/c11-5-8(6-12)7-14-10-4-2-1-3-9(10)13/h1-4,7,14H,13H2. The molecule has 0 aliphatic carbocycles. The lowest BCUT2D eigenvalue weighted by molar-refractivity contribution is 1.44. The molecule has 0 saturated heterocycles. The largest absolute Gasteiger partial charge is 0.397 e. The lowest BCUT2D eigenvalue weighted by Gasteiger charge is -2.03. The van der Waals surface area contributed by atoms with Crippen molar-refractivity contribution in [2.75, 3.05) is 11.1 Å². The molecule has 0 bridgehead atoms. The molecule has 4 heteroatoms. The van der Waals surface area contributed by atoms with Crippen molar-refractivity contribution < 1.29 is 0 Å². The van der Waals surface area contributed by atoms with Gasteiger partial charge in [0, 0.05) is 6.20 Å². The number of nitrogens with zero attached hydrogens (tertiary/aromatic N) is 2. The van der Waals surface area contributed by atoms with Crippen LogP contribution in [0.4, 0.5) is 11.4 Å². The number of para-hydroxylation sites is 2. The van der Waals surface area contributed by atoms with E-state index in [1.807, 2.05) is 6.07 Å². The highest BCUT2D eigenvalue weighted by Gasteiger charge is 1.95. The van der Waals surface area contributed by atoms with Gasteiger partial charge >= 0.3 is 0 Å². The number of benzene rings is 1. The molecule has 3 N–H and O–H groups in total. The van der Waals surface area contributed by atoms with Crippen LogP contribution in [0.2, 0.25) is 0 Å². The minimum atomic E-state index is 0.00764. The number of rotatable bonds is 2. The zero-order chi connectivity index (χ0) is 10.4. The molecule has 0 aromatic heterocycles. The van der Waals surface area contributed by atoms with Gasteiger partial charge in [-0.25, -0.2) is 0 Å². The summed E-state index contributed by atoms with van der Waals surface area (Å²) in [4.78, 5) is 0. The van der Waals surface area contributed by atoms with Gasteiger partial charge in [0.25, 0.3) is 0 Å². The second-order valence-corrected chi connectivity index (χ2v) is 2.51. The predicted octanol–water partition coefficient (Wildman–Crippen LogP) is 1.61. The smallest absolute Gasteiger partial charge is 0.145 e. The average Bonchev–Trinajstić information content (AvgIpc) is 2.22. The number of nitrogens with one attached hydrogen (secondary N) is 1. The molecule has 0 radical (unpaired) electrons. The molecule has 0 heterocycles. The van der Waals surface area contributed by atoms with Gasteiger partial charge in [0.15, 0.2) is 0 Å². The highest BCUT2D eigenvalue weighted by atomic mass is 14.9. The first-order chi connectivity index (χ1) is 6.77. The molecule has 0 unspecified atom stereocenters. The molecule has 1 aromatic rings. The van der Waals surface area contributed by atoms with Gasteiger partial charge in [-0.3, -0.25) is 0 Å². The summed E-state index contributed by atoms with van der Waals surface area (Å²) < 4.78 is 0. The molecular weight excluding hydrogens is 176 g/mol. The van der Waals surface area contributed by atoms with Crippen molar-refractivity contribution in [3.63, 3.8) is 0 Å². The molecule has 14 heavy (non-hydrogen) atoms. The van der Waals surface area contributed by atoms with Gasteiger partial charge in [-0.2, -0.15) is 10.5 Å². The predicted molar refractivity (Wildman–Crippen MR) is 53.8 cm³/mol. The number of allylic oxidation sites excluding steroid dienone is 1. The van der Waals surface area contributed by atoms with Gasteiger partial charge in [-0.1, -0.05) is 12.1 Å². The quantitative estimate of drug-likeness (QED) is 0.540. The van der Waals surface area contributed by atoms with Crippen molar-refractivity contribution in [2.24, 2.45) is 0 Å². The van der Waals surface area contributed by atoms with Crippen LogP contribution in [-0.2, 0) is 0 Å². The molecule has 1 aromatic carbocycles. The highest BCUT2D eigenvalue weighted by molar-refractivity contribution is 5.67. The Balaban J connectivity index is 2.83. The summed E-state index contributed by atoms with van der Waals surface area (Å²) in [6.07, 6.45) is 1.33. The van der Waals surface area contributed by atoms with Crippen molar-refractivity contribution in [1.82, 2.24) is 0 Å². The first kappa shape index (κ1) is 9.63. The number of hydrogen-bond donors (Lipinski definition) is 2. The van der Waals surface area contributed by atoms with Gasteiger partial charge in [-0.05, 0) is 12.1 Å². The molecule has 0 saturated carbocycles. The van der Waals surface area contributed by atoms with Crippen molar-refractivity contribution in [2.45, 2.75) is 0 Å². The van der Waals surface area contributed by atoms with Gasteiger partial charge in [0.05, 0.1) is 11.4 Å². The van der Waals surface area contributed by atoms with E-state index in [4.69, 9.17) is 16.3 Å². The van der Waals surface area contributed by atoms with E-state index < -0.39 is 0 Å². The summed E-state index contributed by atoms with van der Waals surface area (Å²) in [5.41, 5.74) is 6.88. The SMILES string of the molecule is N#CC(C#N)=CNc1ccccc1N. The van der Waals surface area contributed by atoms with E-state index in [-0.39, 0.29) is 5.57 Å². The number of nitrogen functional groups attached to an aromatic ring is 1. The van der Waals surface area contributed by atoms with Crippen LogP contribution >= 0.6 is 0 Å². The zero-order valence-corrected chi connectivity index (χ0v) is 7.36. The van der Waals surface area contributed by atoms with Crippen LogP contribution in [0.1, 0.15) is 0 Å². The van der Waals surface area contributed by atoms with Gasteiger partial charge < -0.3 is 11.1 Å². The molecule has 4 nitrogen and oxygen atoms in total. The minimum absolute atomic E-state index is 0.00764. The van der Waals surface area contributed by atoms with Crippen LogP contribution < -0.4 is 11.1 Å². The molecule has 0 fully saturated rings. The molecule has 0 aliphatic heterocycles. The fourth-order valence-electron chi connectivity index (χ4n) is 0.868. The van der Waals surface area contributed by atoms with Gasteiger partial charge in [0.1, 0.15) is 17.7 Å². The van der Waals surface area contributed by atoms with Crippen molar-refractivity contribution in [3.05, 3.63) is 36.0 Å². The zero-order valence-electron chi connectivity index (χ0n) is 7.36. The van der Waals surface area contributed by atoms with E-state index in [1.165, 1.54) is 6.20 Å². The summed E-state index contributed by atoms with van der Waals surface area (Å²) in [6.45, 7) is 0. The third-order valence-electron chi connectivity index (χ3n) is 1.57. The summed E-state index contributed by atoms with van der Waals surface area (Å²) in [6, 6.07) is 10.6. The van der Waals surface area contributed by atoms with E-state index in [0.717, 1.165) is 0 Å². The van der Waals surface area contributed by atoms with Crippen molar-refractivity contribution >= 4 is 11.4 Å². The fourth-order valence-corrected chi connectivity index (χ4v) is 0.868. The van der Waals surface area contributed by atoms with Gasteiger partial charge in [-0.15, -0.1) is 0 Å². The Bertz CT molecular complexity index is 418. The van der Waals surface area contributed by atoms with Crippen LogP contribution in [-0.4, -0.2) is 0 Å². The van der Waals surface area contributed by atoms with E-state index in [9.17, 15) is 0 Å². The van der Waals surface area contributed by atoms with Crippen LogP contribution in [0.3, 0.4) is 0 Å². The Morgan fingerprint density at radius 3 is 2.50 bits per heavy atom.